The standard InChI is InChI=1S/C23H31N5O2S/c1-16-20(17(2)25-22(24-16)31-3)12-13-21(29)26-18-8-10-19(11-9-18)27-23(30)28-14-6-4-5-7-15-28/h8-11H,4-7,12-15H2,1-3H3,(H,26,29)(H,27,30). The molecule has 2 aromatic rings. The number of thioether (sulfide) groups is 1. The Labute approximate surface area is 188 Å². The Morgan fingerprint density at radius 3 is 2.03 bits per heavy atom. The van der Waals surface area contributed by atoms with Crippen molar-refractivity contribution < 1.29 is 9.59 Å². The Morgan fingerprint density at radius 1 is 0.935 bits per heavy atom. The SMILES string of the molecule is CSc1nc(C)c(CCC(=O)Nc2ccc(NC(=O)N3CCCCCC3)cc2)c(C)n1. The van der Waals surface area contributed by atoms with E-state index in [0.717, 1.165) is 53.7 Å². The molecule has 0 bridgehead atoms. The molecule has 1 aliphatic rings. The van der Waals surface area contributed by atoms with Gasteiger partial charge in [-0.3, -0.25) is 4.79 Å². The maximum atomic E-state index is 12.4. The molecule has 31 heavy (non-hydrogen) atoms. The number of hydrogen-bond acceptors (Lipinski definition) is 5. The summed E-state index contributed by atoms with van der Waals surface area (Å²) in [7, 11) is 0. The largest absolute Gasteiger partial charge is 0.326 e. The van der Waals surface area contributed by atoms with Crippen molar-refractivity contribution in [1.82, 2.24) is 14.9 Å². The summed E-state index contributed by atoms with van der Waals surface area (Å²) in [4.78, 5) is 35.6. The van der Waals surface area contributed by atoms with E-state index in [1.165, 1.54) is 24.6 Å². The molecule has 7 nitrogen and oxygen atoms in total. The average Bonchev–Trinajstić information content (AvgIpc) is 3.04. The first-order chi connectivity index (χ1) is 15.0. The number of benzene rings is 1. The van der Waals surface area contributed by atoms with Gasteiger partial charge < -0.3 is 15.5 Å². The summed E-state index contributed by atoms with van der Waals surface area (Å²) in [5.41, 5.74) is 4.31. The molecule has 0 radical (unpaired) electrons. The third-order valence-corrected chi connectivity index (χ3v) is 6.05. The topological polar surface area (TPSA) is 87.2 Å². The van der Waals surface area contributed by atoms with E-state index in [1.807, 2.05) is 49.3 Å². The van der Waals surface area contributed by atoms with Crippen LogP contribution in [0, 0.1) is 13.8 Å². The third-order valence-electron chi connectivity index (χ3n) is 5.50. The quantitative estimate of drug-likeness (QED) is 0.497. The molecule has 1 aromatic heterocycles. The Hall–Kier alpha value is -2.61. The Balaban J connectivity index is 1.50. The number of nitrogens with one attached hydrogen (secondary N) is 2. The highest BCUT2D eigenvalue weighted by Crippen LogP contribution is 2.19. The van der Waals surface area contributed by atoms with E-state index in [0.29, 0.717) is 18.5 Å². The summed E-state index contributed by atoms with van der Waals surface area (Å²) in [6, 6.07) is 7.19. The number of carbonyl (C=O) groups is 2. The molecule has 166 valence electrons. The Bertz CT molecular complexity index is 886. The molecule has 1 aromatic carbocycles. The van der Waals surface area contributed by atoms with E-state index in [2.05, 4.69) is 20.6 Å². The second-order valence-electron chi connectivity index (χ2n) is 7.82. The minimum Gasteiger partial charge on any atom is -0.326 e. The van der Waals surface area contributed by atoms with Crippen LogP contribution in [0.3, 0.4) is 0 Å². The van der Waals surface area contributed by atoms with Gasteiger partial charge >= 0.3 is 6.03 Å². The van der Waals surface area contributed by atoms with Gasteiger partial charge in [0.05, 0.1) is 0 Å². The Kier molecular flexibility index (Phi) is 8.28. The summed E-state index contributed by atoms with van der Waals surface area (Å²) < 4.78 is 0. The van der Waals surface area contributed by atoms with Gasteiger partial charge in [0, 0.05) is 42.3 Å². The van der Waals surface area contributed by atoms with Crippen LogP contribution in [0.5, 0.6) is 0 Å². The number of amides is 3. The second-order valence-corrected chi connectivity index (χ2v) is 8.59. The van der Waals surface area contributed by atoms with Crippen molar-refractivity contribution in [3.8, 4) is 0 Å². The van der Waals surface area contributed by atoms with Crippen molar-refractivity contribution in [2.45, 2.75) is 57.5 Å². The molecular weight excluding hydrogens is 410 g/mol. The van der Waals surface area contributed by atoms with Crippen LogP contribution in [0.15, 0.2) is 29.4 Å². The van der Waals surface area contributed by atoms with Crippen molar-refractivity contribution in [2.75, 3.05) is 30.0 Å². The molecule has 0 spiro atoms. The maximum Gasteiger partial charge on any atom is 0.321 e. The smallest absolute Gasteiger partial charge is 0.321 e. The molecule has 0 unspecified atom stereocenters. The van der Waals surface area contributed by atoms with E-state index < -0.39 is 0 Å². The fraction of sp³-hybridized carbons (Fsp3) is 0.478. The zero-order valence-corrected chi connectivity index (χ0v) is 19.3. The van der Waals surface area contributed by atoms with E-state index in [-0.39, 0.29) is 11.9 Å². The van der Waals surface area contributed by atoms with Crippen LogP contribution in [0.2, 0.25) is 0 Å². The van der Waals surface area contributed by atoms with Crippen LogP contribution in [0.25, 0.3) is 0 Å². The fourth-order valence-corrected chi connectivity index (χ4v) is 4.19. The van der Waals surface area contributed by atoms with Crippen molar-refractivity contribution in [1.29, 1.82) is 0 Å². The van der Waals surface area contributed by atoms with Crippen LogP contribution < -0.4 is 10.6 Å². The number of aryl methyl sites for hydroxylation is 2. The van der Waals surface area contributed by atoms with Crippen molar-refractivity contribution in [3.05, 3.63) is 41.2 Å². The summed E-state index contributed by atoms with van der Waals surface area (Å²) in [5.74, 6) is -0.0610. The van der Waals surface area contributed by atoms with Crippen LogP contribution in [0.4, 0.5) is 16.2 Å². The molecule has 8 heteroatoms. The number of carbonyl (C=O) groups excluding carboxylic acids is 2. The zero-order valence-electron chi connectivity index (χ0n) is 18.5. The van der Waals surface area contributed by atoms with Crippen molar-refractivity contribution >= 4 is 35.1 Å². The average molecular weight is 442 g/mol. The van der Waals surface area contributed by atoms with Gasteiger partial charge in [0.1, 0.15) is 0 Å². The molecule has 1 saturated heterocycles. The molecule has 0 atom stereocenters. The molecule has 2 N–H and O–H groups in total. The number of likely N-dealkylation sites (tertiary alicyclic amines) is 1. The van der Waals surface area contributed by atoms with E-state index in [4.69, 9.17) is 0 Å². The zero-order chi connectivity index (χ0) is 22.2. The molecule has 1 aliphatic heterocycles. The van der Waals surface area contributed by atoms with Crippen LogP contribution >= 0.6 is 11.8 Å². The van der Waals surface area contributed by atoms with Crippen LogP contribution in [-0.2, 0) is 11.2 Å². The normalized spacial score (nSPS) is 14.1. The summed E-state index contributed by atoms with van der Waals surface area (Å²) in [5, 5.41) is 6.62. The number of hydrogen-bond donors (Lipinski definition) is 2. The molecule has 0 saturated carbocycles. The Morgan fingerprint density at radius 2 is 1.48 bits per heavy atom. The molecule has 1 fully saturated rings. The molecular formula is C23H31N5O2S. The van der Waals surface area contributed by atoms with Gasteiger partial charge in [0.2, 0.25) is 5.91 Å². The predicted octanol–water partition coefficient (Wildman–Crippen LogP) is 4.79. The lowest BCUT2D eigenvalue weighted by atomic mass is 10.1. The first kappa shape index (κ1) is 23.1. The highest BCUT2D eigenvalue weighted by Gasteiger charge is 2.15. The van der Waals surface area contributed by atoms with Crippen molar-refractivity contribution in [2.24, 2.45) is 0 Å². The fourth-order valence-electron chi connectivity index (χ4n) is 3.74. The first-order valence-corrected chi connectivity index (χ1v) is 12.0. The lowest BCUT2D eigenvalue weighted by Crippen LogP contribution is -2.35. The highest BCUT2D eigenvalue weighted by molar-refractivity contribution is 7.98. The summed E-state index contributed by atoms with van der Waals surface area (Å²) in [6.07, 6.45) is 7.41. The number of aromatic nitrogens is 2. The molecule has 2 heterocycles. The minimum absolute atomic E-state index is 0.0564. The lowest BCUT2D eigenvalue weighted by Gasteiger charge is -2.20. The molecule has 3 rings (SSSR count). The summed E-state index contributed by atoms with van der Waals surface area (Å²) in [6.45, 7) is 5.54. The van der Waals surface area contributed by atoms with Gasteiger partial charge in [0.15, 0.2) is 5.16 Å². The molecule has 0 aliphatic carbocycles. The highest BCUT2D eigenvalue weighted by atomic mass is 32.2. The number of urea groups is 1. The monoisotopic (exact) mass is 441 g/mol. The second kappa shape index (κ2) is 11.1. The van der Waals surface area contributed by atoms with Gasteiger partial charge in [-0.15, -0.1) is 0 Å². The van der Waals surface area contributed by atoms with Gasteiger partial charge in [-0.05, 0) is 69.2 Å². The van der Waals surface area contributed by atoms with E-state index >= 15 is 0 Å². The lowest BCUT2D eigenvalue weighted by molar-refractivity contribution is -0.116. The number of nitrogens with zero attached hydrogens (tertiary/aromatic N) is 3. The number of rotatable bonds is 6. The molecule has 3 amide bonds. The number of anilines is 2. The van der Waals surface area contributed by atoms with E-state index in [1.54, 1.807) is 0 Å². The van der Waals surface area contributed by atoms with E-state index in [9.17, 15) is 9.59 Å². The van der Waals surface area contributed by atoms with Crippen LogP contribution in [0.1, 0.15) is 49.1 Å². The van der Waals surface area contributed by atoms with Crippen molar-refractivity contribution in [3.63, 3.8) is 0 Å². The third kappa shape index (κ3) is 6.69. The maximum absolute atomic E-state index is 12.4. The van der Waals surface area contributed by atoms with Gasteiger partial charge in [-0.25, -0.2) is 14.8 Å². The van der Waals surface area contributed by atoms with Gasteiger partial charge in [-0.1, -0.05) is 24.6 Å². The minimum atomic E-state index is -0.0610. The predicted molar refractivity (Wildman–Crippen MR) is 126 cm³/mol. The summed E-state index contributed by atoms with van der Waals surface area (Å²) >= 11 is 1.52. The van der Waals surface area contributed by atoms with Crippen LogP contribution in [-0.4, -0.2) is 46.2 Å². The van der Waals surface area contributed by atoms with Gasteiger partial charge in [-0.2, -0.15) is 0 Å². The van der Waals surface area contributed by atoms with Gasteiger partial charge in [0.25, 0.3) is 0 Å². The first-order valence-electron chi connectivity index (χ1n) is 10.8.